The number of hydrogen-bond acceptors (Lipinski definition) is 7. The van der Waals surface area contributed by atoms with Gasteiger partial charge in [0, 0.05) is 24.5 Å². The van der Waals surface area contributed by atoms with Crippen molar-refractivity contribution in [2.75, 3.05) is 18.8 Å². The van der Waals surface area contributed by atoms with Gasteiger partial charge in [0.1, 0.15) is 17.2 Å². The first-order valence-electron chi connectivity index (χ1n) is 14.3. The third-order valence-corrected chi connectivity index (χ3v) is 6.81. The standard InChI is InChI=1S/C28H27FN8.2C2H6/c29-19-5-8-23(33-16-19)24-9-10-25-28(34-24)37(27(35-25)22-2-1-13-32-26(22)31)21-6-3-18(4-7-21)17-36-14-11-20(30)12-15-36;2*1-2/h1-10,13,16,20H,11-12,14-15,17,30H2,(H2,31,32);2*1-2H3. The van der Waals surface area contributed by atoms with Gasteiger partial charge in [-0.2, -0.15) is 0 Å². The molecule has 0 amide bonds. The highest BCUT2D eigenvalue weighted by molar-refractivity contribution is 5.84. The van der Waals surface area contributed by atoms with Crippen LogP contribution in [0.4, 0.5) is 10.2 Å². The van der Waals surface area contributed by atoms with Crippen molar-refractivity contribution in [2.45, 2.75) is 53.1 Å². The molecule has 1 aromatic carbocycles. The molecule has 8 nitrogen and oxygen atoms in total. The van der Waals surface area contributed by atoms with Crippen molar-refractivity contribution >= 4 is 17.0 Å². The Kier molecular flexibility index (Phi) is 10.1. The number of nitrogens with zero attached hydrogens (tertiary/aromatic N) is 6. The fourth-order valence-electron chi connectivity index (χ4n) is 4.78. The molecular weight excluding hydrogens is 515 g/mol. The van der Waals surface area contributed by atoms with Crippen LogP contribution in [0.1, 0.15) is 46.1 Å². The molecule has 6 rings (SSSR count). The van der Waals surface area contributed by atoms with Crippen LogP contribution in [0.3, 0.4) is 0 Å². The van der Waals surface area contributed by atoms with Crippen LogP contribution in [0.2, 0.25) is 0 Å². The van der Waals surface area contributed by atoms with Crippen LogP contribution in [0.25, 0.3) is 39.6 Å². The van der Waals surface area contributed by atoms with Crippen molar-refractivity contribution < 1.29 is 4.39 Å². The topological polar surface area (TPSA) is 112 Å². The Labute approximate surface area is 241 Å². The molecule has 0 aliphatic carbocycles. The molecule has 4 aromatic heterocycles. The quantitative estimate of drug-likeness (QED) is 0.264. The minimum Gasteiger partial charge on any atom is -0.383 e. The Hall–Kier alpha value is -4.21. The molecule has 0 bridgehead atoms. The zero-order chi connectivity index (χ0) is 29.4. The number of fused-ring (bicyclic) bond motifs is 1. The van der Waals surface area contributed by atoms with Gasteiger partial charge in [-0.3, -0.25) is 14.5 Å². The number of likely N-dealkylation sites (tertiary alicyclic amines) is 1. The van der Waals surface area contributed by atoms with Crippen molar-refractivity contribution in [3.8, 4) is 28.5 Å². The second-order valence-corrected chi connectivity index (χ2v) is 9.39. The molecule has 4 N–H and O–H groups in total. The summed E-state index contributed by atoms with van der Waals surface area (Å²) < 4.78 is 15.4. The van der Waals surface area contributed by atoms with E-state index in [4.69, 9.17) is 21.4 Å². The summed E-state index contributed by atoms with van der Waals surface area (Å²) in [7, 11) is 0. The van der Waals surface area contributed by atoms with Crippen molar-refractivity contribution in [1.29, 1.82) is 0 Å². The molecule has 5 heterocycles. The van der Waals surface area contributed by atoms with Gasteiger partial charge in [0.15, 0.2) is 11.5 Å². The lowest BCUT2D eigenvalue weighted by Crippen LogP contribution is -2.39. The SMILES string of the molecule is CC.CC.Nc1ncccc1-c1nc2ccc(-c3ccc(F)cn3)nc2n1-c1ccc(CN2CCC(N)CC2)cc1. The van der Waals surface area contributed by atoms with Gasteiger partial charge >= 0.3 is 0 Å². The van der Waals surface area contributed by atoms with E-state index in [9.17, 15) is 4.39 Å². The Balaban J connectivity index is 0.000000929. The predicted molar refractivity (Wildman–Crippen MR) is 165 cm³/mol. The fraction of sp³-hybridized carbons (Fsp3) is 0.312. The molecule has 1 aliphatic rings. The van der Waals surface area contributed by atoms with Crippen LogP contribution in [0.15, 0.2) is 73.1 Å². The summed E-state index contributed by atoms with van der Waals surface area (Å²) in [5.74, 6) is 0.645. The molecule has 1 saturated heterocycles. The largest absolute Gasteiger partial charge is 0.383 e. The zero-order valence-electron chi connectivity index (χ0n) is 24.3. The maximum absolute atomic E-state index is 13.4. The molecule has 214 valence electrons. The van der Waals surface area contributed by atoms with Crippen LogP contribution in [-0.2, 0) is 6.54 Å². The Morgan fingerprint density at radius 2 is 1.56 bits per heavy atom. The summed E-state index contributed by atoms with van der Waals surface area (Å²) in [6.45, 7) is 10.9. The van der Waals surface area contributed by atoms with E-state index in [1.165, 1.54) is 17.8 Å². The minimum atomic E-state index is -0.392. The lowest BCUT2D eigenvalue weighted by molar-refractivity contribution is 0.205. The summed E-state index contributed by atoms with van der Waals surface area (Å²) >= 11 is 0. The van der Waals surface area contributed by atoms with Gasteiger partial charge in [0.2, 0.25) is 0 Å². The van der Waals surface area contributed by atoms with E-state index in [0.717, 1.165) is 43.7 Å². The van der Waals surface area contributed by atoms with Crippen molar-refractivity contribution in [3.63, 3.8) is 0 Å². The highest BCUT2D eigenvalue weighted by Gasteiger charge is 2.20. The van der Waals surface area contributed by atoms with Gasteiger partial charge < -0.3 is 11.5 Å². The van der Waals surface area contributed by atoms with E-state index < -0.39 is 5.82 Å². The molecule has 0 unspecified atom stereocenters. The highest BCUT2D eigenvalue weighted by atomic mass is 19.1. The summed E-state index contributed by atoms with van der Waals surface area (Å²) in [5, 5.41) is 0. The lowest BCUT2D eigenvalue weighted by Gasteiger charge is -2.30. The monoisotopic (exact) mass is 554 g/mol. The number of nitrogens with two attached hydrogens (primary N) is 2. The first kappa shape index (κ1) is 29.8. The Morgan fingerprint density at radius 1 is 0.854 bits per heavy atom. The number of nitrogen functional groups attached to an aromatic ring is 1. The van der Waals surface area contributed by atoms with Crippen molar-refractivity contribution in [2.24, 2.45) is 5.73 Å². The molecule has 0 spiro atoms. The van der Waals surface area contributed by atoms with E-state index >= 15 is 0 Å². The molecular formula is C32H39FN8. The predicted octanol–water partition coefficient (Wildman–Crippen LogP) is 6.24. The van der Waals surface area contributed by atoms with Crippen LogP contribution >= 0.6 is 0 Å². The van der Waals surface area contributed by atoms with Crippen molar-refractivity contribution in [3.05, 3.63) is 84.4 Å². The number of halogens is 1. The summed E-state index contributed by atoms with van der Waals surface area (Å²) in [4.78, 5) is 20.7. The number of piperidine rings is 1. The number of aromatic nitrogens is 5. The van der Waals surface area contributed by atoms with E-state index in [2.05, 4.69) is 39.1 Å². The Bertz CT molecular complexity index is 1540. The van der Waals surface area contributed by atoms with Gasteiger partial charge in [-0.25, -0.2) is 19.3 Å². The van der Waals surface area contributed by atoms with E-state index in [0.29, 0.717) is 40.2 Å². The second kappa shape index (κ2) is 13.9. The highest BCUT2D eigenvalue weighted by Crippen LogP contribution is 2.31. The van der Waals surface area contributed by atoms with Crippen LogP contribution in [-0.4, -0.2) is 48.5 Å². The first-order chi connectivity index (χ1) is 20.0. The molecule has 0 saturated carbocycles. The van der Waals surface area contributed by atoms with E-state index in [1.807, 2.05) is 56.5 Å². The van der Waals surface area contributed by atoms with Gasteiger partial charge in [-0.15, -0.1) is 0 Å². The average Bonchev–Trinajstić information content (AvgIpc) is 3.40. The maximum atomic E-state index is 13.4. The fourth-order valence-corrected chi connectivity index (χ4v) is 4.78. The van der Waals surface area contributed by atoms with Gasteiger partial charge in [-0.05, 0) is 80.0 Å². The van der Waals surface area contributed by atoms with Gasteiger partial charge in [0.05, 0.1) is 23.1 Å². The molecule has 9 heteroatoms. The summed E-state index contributed by atoms with van der Waals surface area (Å²) in [5.41, 5.74) is 17.7. The lowest BCUT2D eigenvalue weighted by atomic mass is 10.1. The number of imidazole rings is 1. The normalized spacial score (nSPS) is 13.7. The molecule has 0 radical (unpaired) electrons. The molecule has 1 fully saturated rings. The van der Waals surface area contributed by atoms with E-state index in [-0.39, 0.29) is 0 Å². The zero-order valence-corrected chi connectivity index (χ0v) is 24.3. The number of pyridine rings is 3. The Morgan fingerprint density at radius 3 is 2.22 bits per heavy atom. The number of rotatable bonds is 5. The van der Waals surface area contributed by atoms with Crippen LogP contribution < -0.4 is 11.5 Å². The molecule has 5 aromatic rings. The van der Waals surface area contributed by atoms with Crippen LogP contribution in [0, 0.1) is 5.82 Å². The van der Waals surface area contributed by atoms with Gasteiger partial charge in [-0.1, -0.05) is 39.8 Å². The minimum absolute atomic E-state index is 0.314. The second-order valence-electron chi connectivity index (χ2n) is 9.39. The molecule has 41 heavy (non-hydrogen) atoms. The third-order valence-electron chi connectivity index (χ3n) is 6.81. The van der Waals surface area contributed by atoms with Gasteiger partial charge in [0.25, 0.3) is 0 Å². The number of anilines is 1. The van der Waals surface area contributed by atoms with Crippen molar-refractivity contribution in [1.82, 2.24) is 29.4 Å². The average molecular weight is 555 g/mol. The summed E-state index contributed by atoms with van der Waals surface area (Å²) in [6.07, 6.45) is 4.91. The van der Waals surface area contributed by atoms with Crippen LogP contribution in [0.5, 0.6) is 0 Å². The summed E-state index contributed by atoms with van der Waals surface area (Å²) in [6, 6.07) is 19.2. The third kappa shape index (κ3) is 6.75. The maximum Gasteiger partial charge on any atom is 0.165 e. The number of hydrogen-bond donors (Lipinski definition) is 2. The first-order valence-corrected chi connectivity index (χ1v) is 14.3. The molecule has 0 atom stereocenters. The molecule has 1 aliphatic heterocycles. The number of benzene rings is 1. The van der Waals surface area contributed by atoms with E-state index in [1.54, 1.807) is 12.3 Å². The smallest absolute Gasteiger partial charge is 0.165 e.